The number of aryl methyl sites for hydroxylation is 4. The Bertz CT molecular complexity index is 1060. The standard InChI is InChI=1S/C26H33ClN4O4/c1-15-12-21(27)23(16(2)29-15)25(32)31-22(26(33)34)9-11-35-20-13-17(14-20)5-7-19-8-6-18-4-3-10-28-24(18)30-19/h6,8,12,17,20,22H,3-5,7,9-11,13-14H2,1-2H3,(H,28,30)(H,31,32)(H,33,34)/t17-,20+,22-/m0/s1. The van der Waals surface area contributed by atoms with Crippen LogP contribution in [0.2, 0.25) is 5.02 Å². The van der Waals surface area contributed by atoms with E-state index in [2.05, 4.69) is 27.8 Å². The average molecular weight is 501 g/mol. The lowest BCUT2D eigenvalue weighted by molar-refractivity contribution is -0.140. The number of aromatic nitrogens is 2. The van der Waals surface area contributed by atoms with Crippen LogP contribution in [0.4, 0.5) is 5.82 Å². The van der Waals surface area contributed by atoms with Crippen molar-refractivity contribution >= 4 is 29.3 Å². The van der Waals surface area contributed by atoms with Gasteiger partial charge in [-0.3, -0.25) is 9.78 Å². The number of carbonyl (C=O) groups is 2. The largest absolute Gasteiger partial charge is 0.480 e. The number of anilines is 1. The van der Waals surface area contributed by atoms with Crippen molar-refractivity contribution in [2.75, 3.05) is 18.5 Å². The molecule has 1 atom stereocenters. The summed E-state index contributed by atoms with van der Waals surface area (Å²) in [5.41, 5.74) is 3.80. The van der Waals surface area contributed by atoms with Crippen molar-refractivity contribution in [3.05, 3.63) is 51.4 Å². The Morgan fingerprint density at radius 2 is 2.09 bits per heavy atom. The number of fused-ring (bicyclic) bond motifs is 1. The summed E-state index contributed by atoms with van der Waals surface area (Å²) in [7, 11) is 0. The van der Waals surface area contributed by atoms with Gasteiger partial charge in [0.15, 0.2) is 0 Å². The third kappa shape index (κ3) is 6.49. The predicted molar refractivity (Wildman–Crippen MR) is 134 cm³/mol. The van der Waals surface area contributed by atoms with Crippen molar-refractivity contribution in [2.45, 2.75) is 70.9 Å². The quantitative estimate of drug-likeness (QED) is 0.450. The van der Waals surface area contributed by atoms with Crippen LogP contribution < -0.4 is 10.6 Å². The molecule has 1 saturated carbocycles. The molecule has 1 aliphatic carbocycles. The number of halogens is 1. The summed E-state index contributed by atoms with van der Waals surface area (Å²) in [5.74, 6) is -0.00365. The van der Waals surface area contributed by atoms with Gasteiger partial charge in [-0.2, -0.15) is 0 Å². The van der Waals surface area contributed by atoms with Gasteiger partial charge in [0.2, 0.25) is 0 Å². The molecule has 35 heavy (non-hydrogen) atoms. The second kappa shape index (κ2) is 11.4. The molecule has 8 nitrogen and oxygen atoms in total. The normalized spacial score (nSPS) is 19.7. The van der Waals surface area contributed by atoms with E-state index in [0.29, 0.717) is 17.3 Å². The van der Waals surface area contributed by atoms with Crippen LogP contribution in [-0.4, -0.2) is 52.2 Å². The van der Waals surface area contributed by atoms with Gasteiger partial charge in [-0.1, -0.05) is 17.7 Å². The van der Waals surface area contributed by atoms with Gasteiger partial charge in [0, 0.05) is 31.0 Å². The minimum Gasteiger partial charge on any atom is -0.480 e. The fourth-order valence-electron chi connectivity index (χ4n) is 4.80. The van der Waals surface area contributed by atoms with Crippen LogP contribution in [0, 0.1) is 19.8 Å². The van der Waals surface area contributed by atoms with E-state index in [1.807, 2.05) is 0 Å². The summed E-state index contributed by atoms with van der Waals surface area (Å²) in [5, 5.41) is 15.8. The van der Waals surface area contributed by atoms with Crippen LogP contribution in [0.25, 0.3) is 0 Å². The number of nitrogens with one attached hydrogen (secondary N) is 2. The number of carbonyl (C=O) groups excluding carboxylic acids is 1. The SMILES string of the molecule is Cc1cc(Cl)c(C(=O)N[C@@H](CCO[C@H]2C[C@@H](CCc3ccc4c(n3)NCCC4)C2)C(=O)O)c(C)n1. The average Bonchev–Trinajstić information content (AvgIpc) is 2.78. The molecule has 2 aromatic rings. The predicted octanol–water partition coefficient (Wildman–Crippen LogP) is 4.11. The van der Waals surface area contributed by atoms with E-state index in [4.69, 9.17) is 21.3 Å². The highest BCUT2D eigenvalue weighted by molar-refractivity contribution is 6.34. The van der Waals surface area contributed by atoms with Crippen molar-refractivity contribution in [1.82, 2.24) is 15.3 Å². The maximum atomic E-state index is 12.6. The molecule has 0 radical (unpaired) electrons. The first-order chi connectivity index (χ1) is 16.8. The zero-order valence-electron chi connectivity index (χ0n) is 20.3. The van der Waals surface area contributed by atoms with Crippen molar-refractivity contribution in [1.29, 1.82) is 0 Å². The number of carboxylic acid groups (broad SMARTS) is 1. The number of amides is 1. The Labute approximate surface area is 210 Å². The first kappa shape index (κ1) is 25.4. The molecule has 3 heterocycles. The summed E-state index contributed by atoms with van der Waals surface area (Å²) in [6, 6.07) is 4.87. The van der Waals surface area contributed by atoms with E-state index in [0.717, 1.165) is 56.6 Å². The minimum absolute atomic E-state index is 0.140. The van der Waals surface area contributed by atoms with Crippen molar-refractivity contribution in [3.63, 3.8) is 0 Å². The lowest BCUT2D eigenvalue weighted by Gasteiger charge is -2.35. The van der Waals surface area contributed by atoms with Crippen LogP contribution in [0.1, 0.15) is 65.1 Å². The molecule has 0 spiro atoms. The molecule has 2 aliphatic rings. The number of hydrogen-bond donors (Lipinski definition) is 3. The molecule has 1 aliphatic heterocycles. The Kier molecular flexibility index (Phi) is 8.23. The van der Waals surface area contributed by atoms with Gasteiger partial charge >= 0.3 is 5.97 Å². The fraction of sp³-hybridized carbons (Fsp3) is 0.538. The van der Waals surface area contributed by atoms with Gasteiger partial charge in [-0.25, -0.2) is 9.78 Å². The van der Waals surface area contributed by atoms with Gasteiger partial charge in [0.1, 0.15) is 11.9 Å². The summed E-state index contributed by atoms with van der Waals surface area (Å²) in [4.78, 5) is 33.3. The lowest BCUT2D eigenvalue weighted by atomic mass is 9.79. The summed E-state index contributed by atoms with van der Waals surface area (Å²) < 4.78 is 5.89. The number of pyridine rings is 2. The van der Waals surface area contributed by atoms with E-state index in [9.17, 15) is 14.7 Å². The summed E-state index contributed by atoms with van der Waals surface area (Å²) >= 11 is 6.19. The van der Waals surface area contributed by atoms with Crippen molar-refractivity contribution in [2.24, 2.45) is 5.92 Å². The number of aliphatic carboxylic acids is 1. The Balaban J connectivity index is 1.18. The molecule has 3 N–H and O–H groups in total. The molecule has 1 amide bonds. The number of ether oxygens (including phenoxy) is 1. The molecule has 2 aromatic heterocycles. The van der Waals surface area contributed by atoms with Crippen LogP contribution in [0.3, 0.4) is 0 Å². The molecule has 0 unspecified atom stereocenters. The van der Waals surface area contributed by atoms with E-state index in [1.165, 1.54) is 5.56 Å². The molecule has 0 aromatic carbocycles. The monoisotopic (exact) mass is 500 g/mol. The zero-order valence-corrected chi connectivity index (χ0v) is 21.0. The third-order valence-electron chi connectivity index (χ3n) is 6.82. The molecule has 4 rings (SSSR count). The molecular weight excluding hydrogens is 468 g/mol. The number of hydrogen-bond acceptors (Lipinski definition) is 6. The Morgan fingerprint density at radius 3 is 2.83 bits per heavy atom. The highest BCUT2D eigenvalue weighted by atomic mass is 35.5. The highest BCUT2D eigenvalue weighted by Crippen LogP contribution is 2.34. The van der Waals surface area contributed by atoms with Gasteiger partial charge in [0.05, 0.1) is 22.4 Å². The van der Waals surface area contributed by atoms with Gasteiger partial charge < -0.3 is 20.5 Å². The fourth-order valence-corrected chi connectivity index (χ4v) is 5.18. The number of rotatable bonds is 10. The van der Waals surface area contributed by atoms with E-state index in [-0.39, 0.29) is 29.7 Å². The Morgan fingerprint density at radius 1 is 1.29 bits per heavy atom. The van der Waals surface area contributed by atoms with Gasteiger partial charge in [0.25, 0.3) is 5.91 Å². The van der Waals surface area contributed by atoms with Gasteiger partial charge in [-0.05, 0) is 76.0 Å². The molecule has 9 heteroatoms. The highest BCUT2D eigenvalue weighted by Gasteiger charge is 2.30. The number of carboxylic acids is 1. The molecule has 0 saturated heterocycles. The zero-order chi connectivity index (χ0) is 24.9. The first-order valence-electron chi connectivity index (χ1n) is 12.3. The van der Waals surface area contributed by atoms with Crippen LogP contribution in [0.15, 0.2) is 18.2 Å². The van der Waals surface area contributed by atoms with Crippen molar-refractivity contribution < 1.29 is 19.4 Å². The lowest BCUT2D eigenvalue weighted by Crippen LogP contribution is -2.42. The van der Waals surface area contributed by atoms with E-state index < -0.39 is 17.9 Å². The van der Waals surface area contributed by atoms with E-state index >= 15 is 0 Å². The van der Waals surface area contributed by atoms with Crippen molar-refractivity contribution in [3.8, 4) is 0 Å². The second-order valence-corrected chi connectivity index (χ2v) is 9.98. The maximum absolute atomic E-state index is 12.6. The van der Waals surface area contributed by atoms with Crippen LogP contribution in [0.5, 0.6) is 0 Å². The third-order valence-corrected chi connectivity index (χ3v) is 7.12. The number of nitrogens with zero attached hydrogens (tertiary/aromatic N) is 2. The topological polar surface area (TPSA) is 113 Å². The molecule has 0 bridgehead atoms. The molecule has 188 valence electrons. The second-order valence-electron chi connectivity index (χ2n) is 9.57. The molecular formula is C26H33ClN4O4. The minimum atomic E-state index is -1.10. The Hall–Kier alpha value is -2.71. The van der Waals surface area contributed by atoms with Crippen LogP contribution in [-0.2, 0) is 22.4 Å². The van der Waals surface area contributed by atoms with Crippen LogP contribution >= 0.6 is 11.6 Å². The first-order valence-corrected chi connectivity index (χ1v) is 12.7. The summed E-state index contributed by atoms with van der Waals surface area (Å²) in [6.45, 7) is 4.73. The smallest absolute Gasteiger partial charge is 0.326 e. The summed E-state index contributed by atoms with van der Waals surface area (Å²) in [6.07, 6.45) is 6.55. The van der Waals surface area contributed by atoms with E-state index in [1.54, 1.807) is 19.9 Å². The van der Waals surface area contributed by atoms with Gasteiger partial charge in [-0.15, -0.1) is 0 Å². The maximum Gasteiger partial charge on any atom is 0.326 e. The molecule has 1 fully saturated rings.